The summed E-state index contributed by atoms with van der Waals surface area (Å²) in [5, 5.41) is 9.44. The highest BCUT2D eigenvalue weighted by atomic mass is 32.1. The quantitative estimate of drug-likeness (QED) is 0.579. The molecule has 0 spiro atoms. The number of hydrazine groups is 1. The van der Waals surface area contributed by atoms with Crippen molar-refractivity contribution < 1.29 is 19.5 Å². The molecule has 1 aromatic rings. The predicted octanol–water partition coefficient (Wildman–Crippen LogP) is 1.73. The molecule has 4 atom stereocenters. The number of amides is 2. The van der Waals surface area contributed by atoms with Crippen molar-refractivity contribution in [3.8, 4) is 0 Å². The van der Waals surface area contributed by atoms with Gasteiger partial charge >= 0.3 is 5.97 Å². The van der Waals surface area contributed by atoms with Gasteiger partial charge in [-0.3, -0.25) is 25.2 Å². The van der Waals surface area contributed by atoms with E-state index in [1.807, 2.05) is 25.1 Å². The van der Waals surface area contributed by atoms with E-state index in [4.69, 9.17) is 0 Å². The average molecular weight is 334 g/mol. The van der Waals surface area contributed by atoms with Crippen LogP contribution in [0.5, 0.6) is 0 Å². The number of carbonyl (C=O) groups is 3. The van der Waals surface area contributed by atoms with Gasteiger partial charge in [0.1, 0.15) is 0 Å². The van der Waals surface area contributed by atoms with Crippen molar-refractivity contribution in [2.75, 3.05) is 0 Å². The van der Waals surface area contributed by atoms with E-state index in [1.54, 1.807) is 6.07 Å². The number of nitrogens with one attached hydrogen (secondary N) is 2. The Morgan fingerprint density at radius 1 is 1.09 bits per heavy atom. The van der Waals surface area contributed by atoms with Crippen LogP contribution in [0.1, 0.15) is 27.4 Å². The first-order valence-electron chi connectivity index (χ1n) is 7.55. The minimum absolute atomic E-state index is 0.0815. The number of carboxylic acid groups (broad SMARTS) is 1. The maximum absolute atomic E-state index is 12.4. The van der Waals surface area contributed by atoms with Crippen LogP contribution < -0.4 is 10.9 Å². The molecule has 0 unspecified atom stereocenters. The summed E-state index contributed by atoms with van der Waals surface area (Å²) in [7, 11) is 0. The van der Waals surface area contributed by atoms with E-state index in [-0.39, 0.29) is 17.7 Å². The number of carbonyl (C=O) groups excluding carboxylic acids is 2. The summed E-state index contributed by atoms with van der Waals surface area (Å²) in [6.45, 7) is 1.89. The van der Waals surface area contributed by atoms with Gasteiger partial charge in [0.05, 0.1) is 16.7 Å². The van der Waals surface area contributed by atoms with Gasteiger partial charge in [-0.05, 0) is 43.7 Å². The molecule has 6 nitrogen and oxygen atoms in total. The second-order valence-electron chi connectivity index (χ2n) is 6.03. The highest BCUT2D eigenvalue weighted by Crippen LogP contribution is 2.44. The van der Waals surface area contributed by atoms with E-state index in [0.29, 0.717) is 4.88 Å². The van der Waals surface area contributed by atoms with Crippen LogP contribution in [0.4, 0.5) is 0 Å². The molecular weight excluding hydrogens is 316 g/mol. The van der Waals surface area contributed by atoms with Crippen LogP contribution in [0.15, 0.2) is 24.3 Å². The van der Waals surface area contributed by atoms with Crippen LogP contribution in [-0.4, -0.2) is 22.9 Å². The lowest BCUT2D eigenvalue weighted by Crippen LogP contribution is -2.52. The Balaban J connectivity index is 1.66. The first-order valence-corrected chi connectivity index (χ1v) is 8.37. The SMILES string of the molecule is Cc1ccc(C(=O)NNC(=O)[C@@H]2[C@@H](C(=O)O)[C@H]3C=C[C@H]2CC3)s1. The lowest BCUT2D eigenvalue weighted by Gasteiger charge is -2.41. The number of fused-ring (bicyclic) bond motifs is 2. The summed E-state index contributed by atoms with van der Waals surface area (Å²) in [6, 6.07) is 3.51. The zero-order valence-corrected chi connectivity index (χ0v) is 13.4. The van der Waals surface area contributed by atoms with Crippen LogP contribution in [0.25, 0.3) is 0 Å². The van der Waals surface area contributed by atoms with Gasteiger partial charge in [-0.15, -0.1) is 11.3 Å². The number of aryl methyl sites for hydroxylation is 1. The van der Waals surface area contributed by atoms with Gasteiger partial charge in [-0.25, -0.2) is 0 Å². The molecule has 1 saturated carbocycles. The van der Waals surface area contributed by atoms with Gasteiger partial charge in [-0.2, -0.15) is 0 Å². The molecule has 3 aliphatic carbocycles. The molecule has 3 N–H and O–H groups in total. The third-order valence-corrected chi connectivity index (χ3v) is 5.60. The van der Waals surface area contributed by atoms with Crippen molar-refractivity contribution in [3.05, 3.63) is 34.0 Å². The zero-order valence-electron chi connectivity index (χ0n) is 12.6. The number of rotatable bonds is 3. The maximum Gasteiger partial charge on any atom is 0.307 e. The van der Waals surface area contributed by atoms with Crippen LogP contribution in [0, 0.1) is 30.6 Å². The van der Waals surface area contributed by atoms with Gasteiger partial charge < -0.3 is 5.11 Å². The summed E-state index contributed by atoms with van der Waals surface area (Å²) >= 11 is 1.33. The second-order valence-corrected chi connectivity index (χ2v) is 7.32. The van der Waals surface area contributed by atoms with E-state index in [9.17, 15) is 19.5 Å². The van der Waals surface area contributed by atoms with Crippen molar-refractivity contribution in [1.82, 2.24) is 10.9 Å². The number of aliphatic carboxylic acids is 1. The highest BCUT2D eigenvalue weighted by molar-refractivity contribution is 7.13. The molecule has 2 amide bonds. The second kappa shape index (κ2) is 6.16. The Labute approximate surface area is 137 Å². The largest absolute Gasteiger partial charge is 0.481 e. The van der Waals surface area contributed by atoms with E-state index in [0.717, 1.165) is 17.7 Å². The Morgan fingerprint density at radius 3 is 2.26 bits per heavy atom. The summed E-state index contributed by atoms with van der Waals surface area (Å²) in [4.78, 5) is 37.4. The molecule has 3 aliphatic rings. The molecule has 1 fully saturated rings. The fourth-order valence-electron chi connectivity index (χ4n) is 3.51. The first-order chi connectivity index (χ1) is 11.0. The lowest BCUT2D eigenvalue weighted by molar-refractivity contribution is -0.153. The Kier molecular flexibility index (Phi) is 4.21. The van der Waals surface area contributed by atoms with Gasteiger partial charge in [-0.1, -0.05) is 12.2 Å². The van der Waals surface area contributed by atoms with E-state index in [1.165, 1.54) is 11.3 Å². The molecule has 23 heavy (non-hydrogen) atoms. The van der Waals surface area contributed by atoms with E-state index in [2.05, 4.69) is 10.9 Å². The fraction of sp³-hybridized carbons (Fsp3) is 0.438. The van der Waals surface area contributed by atoms with Gasteiger partial charge in [0.2, 0.25) is 5.91 Å². The summed E-state index contributed by atoms with van der Waals surface area (Å²) < 4.78 is 0. The minimum atomic E-state index is -0.954. The Morgan fingerprint density at radius 2 is 1.74 bits per heavy atom. The molecule has 0 radical (unpaired) electrons. The van der Waals surface area contributed by atoms with Crippen LogP contribution in [0.2, 0.25) is 0 Å². The molecule has 2 bridgehead atoms. The Hall–Kier alpha value is -2.15. The summed E-state index contributed by atoms with van der Waals surface area (Å²) in [5.41, 5.74) is 4.78. The molecule has 0 aromatic carbocycles. The van der Waals surface area contributed by atoms with Gasteiger partial charge in [0.15, 0.2) is 0 Å². The smallest absolute Gasteiger partial charge is 0.307 e. The molecule has 1 aromatic heterocycles. The third-order valence-electron chi connectivity index (χ3n) is 4.60. The zero-order chi connectivity index (χ0) is 16.6. The number of allylic oxidation sites excluding steroid dienone is 2. The molecule has 1 heterocycles. The number of hydrogen-bond acceptors (Lipinski definition) is 4. The number of carboxylic acids is 1. The minimum Gasteiger partial charge on any atom is -0.481 e. The van der Waals surface area contributed by atoms with Crippen molar-refractivity contribution >= 4 is 29.1 Å². The topological polar surface area (TPSA) is 95.5 Å². The first kappa shape index (κ1) is 15.7. The van der Waals surface area contributed by atoms with Gasteiger partial charge in [0, 0.05) is 4.88 Å². The predicted molar refractivity (Wildman–Crippen MR) is 84.6 cm³/mol. The third kappa shape index (κ3) is 3.01. The standard InChI is InChI=1S/C16H18N2O4S/c1-8-2-7-11(23-8)14(19)17-18-15(20)12-9-3-5-10(6-4-9)13(12)16(21)22/h2-3,5,7,9-10,12-13H,4,6H2,1H3,(H,17,19)(H,18,20)(H,21,22)/t9-,10-,12-,13-/m0/s1. The molecule has 7 heteroatoms. The molecule has 122 valence electrons. The Bertz CT molecular complexity index is 681. The number of thiophene rings is 1. The normalized spacial score (nSPS) is 28.4. The maximum atomic E-state index is 12.4. The molecule has 0 aliphatic heterocycles. The average Bonchev–Trinajstić information content (AvgIpc) is 2.99. The highest BCUT2D eigenvalue weighted by Gasteiger charge is 2.48. The monoisotopic (exact) mass is 334 g/mol. The summed E-state index contributed by atoms with van der Waals surface area (Å²) in [5.74, 6) is -3.32. The summed E-state index contributed by atoms with van der Waals surface area (Å²) in [6.07, 6.45) is 5.44. The van der Waals surface area contributed by atoms with Crippen molar-refractivity contribution in [3.63, 3.8) is 0 Å². The van der Waals surface area contributed by atoms with E-state index < -0.39 is 23.7 Å². The van der Waals surface area contributed by atoms with Crippen LogP contribution >= 0.6 is 11.3 Å². The lowest BCUT2D eigenvalue weighted by atomic mass is 9.62. The van der Waals surface area contributed by atoms with Crippen molar-refractivity contribution in [2.45, 2.75) is 19.8 Å². The molecule has 0 saturated heterocycles. The molecule has 4 rings (SSSR count). The van der Waals surface area contributed by atoms with Gasteiger partial charge in [0.25, 0.3) is 5.91 Å². The van der Waals surface area contributed by atoms with Crippen LogP contribution in [0.3, 0.4) is 0 Å². The van der Waals surface area contributed by atoms with Crippen molar-refractivity contribution in [1.29, 1.82) is 0 Å². The van der Waals surface area contributed by atoms with Crippen molar-refractivity contribution in [2.24, 2.45) is 23.7 Å². The number of hydrogen-bond donors (Lipinski definition) is 3. The van der Waals surface area contributed by atoms with Crippen LogP contribution in [-0.2, 0) is 9.59 Å². The molecular formula is C16H18N2O4S. The van der Waals surface area contributed by atoms with E-state index >= 15 is 0 Å². The fourth-order valence-corrected chi connectivity index (χ4v) is 4.27.